The monoisotopic (exact) mass is 271 g/mol. The molecule has 0 amide bonds. The number of hydrogen-bond donors (Lipinski definition) is 1. The first-order valence-corrected chi connectivity index (χ1v) is 6.76. The van der Waals surface area contributed by atoms with Crippen LogP contribution in [0.3, 0.4) is 0 Å². The summed E-state index contributed by atoms with van der Waals surface area (Å²) in [5, 5.41) is 11.9. The number of aryl methyl sites for hydroxylation is 1. The molecule has 2 rings (SSSR count). The van der Waals surface area contributed by atoms with E-state index < -0.39 is 0 Å². The maximum atomic E-state index is 9.24. The van der Waals surface area contributed by atoms with Crippen molar-refractivity contribution in [1.82, 2.24) is 4.98 Å². The van der Waals surface area contributed by atoms with Gasteiger partial charge in [-0.3, -0.25) is 0 Å². The molecule has 0 aliphatic carbocycles. The van der Waals surface area contributed by atoms with Gasteiger partial charge in [0.2, 0.25) is 0 Å². The molecule has 0 radical (unpaired) electrons. The summed E-state index contributed by atoms with van der Waals surface area (Å²) < 4.78 is 0.945. The maximum Gasteiger partial charge on any atom is 0.154 e. The van der Waals surface area contributed by atoms with Crippen LogP contribution in [0.4, 0.5) is 0 Å². The Labute approximate surface area is 107 Å². The summed E-state index contributed by atoms with van der Waals surface area (Å²) in [6.45, 7) is 1.95. The van der Waals surface area contributed by atoms with Gasteiger partial charge in [0.1, 0.15) is 0 Å². The van der Waals surface area contributed by atoms with Gasteiger partial charge in [0, 0.05) is 16.0 Å². The van der Waals surface area contributed by atoms with E-state index in [1.54, 1.807) is 11.3 Å². The van der Waals surface area contributed by atoms with Gasteiger partial charge in [0.25, 0.3) is 0 Å². The fourth-order valence-electron chi connectivity index (χ4n) is 1.26. The molecular formula is C11H10ClNOS2. The molecule has 2 nitrogen and oxygen atoms in total. The van der Waals surface area contributed by atoms with Crippen LogP contribution in [0.5, 0.6) is 0 Å². The van der Waals surface area contributed by atoms with E-state index in [2.05, 4.69) is 4.98 Å². The van der Waals surface area contributed by atoms with Gasteiger partial charge in [-0.05, 0) is 18.6 Å². The summed E-state index contributed by atoms with van der Waals surface area (Å²) in [5.74, 6) is 0. The number of rotatable bonds is 3. The molecule has 0 saturated heterocycles. The molecule has 0 unspecified atom stereocenters. The summed E-state index contributed by atoms with van der Waals surface area (Å²) in [6, 6.07) is 5.53. The lowest BCUT2D eigenvalue weighted by molar-refractivity contribution is 0.279. The Morgan fingerprint density at radius 1 is 1.50 bits per heavy atom. The third-order valence-corrected chi connectivity index (χ3v) is 4.68. The molecule has 1 aromatic heterocycles. The molecule has 0 aliphatic rings. The second kappa shape index (κ2) is 5.19. The van der Waals surface area contributed by atoms with Crippen molar-refractivity contribution in [2.24, 2.45) is 0 Å². The van der Waals surface area contributed by atoms with E-state index in [1.807, 2.05) is 30.5 Å². The number of nitrogens with zero attached hydrogens (tertiary/aromatic N) is 1. The highest BCUT2D eigenvalue weighted by molar-refractivity contribution is 8.01. The fourth-order valence-corrected chi connectivity index (χ4v) is 3.47. The predicted octanol–water partition coefficient (Wildman–Crippen LogP) is 3.75. The number of halogens is 1. The normalized spacial score (nSPS) is 10.7. The Morgan fingerprint density at radius 3 is 2.94 bits per heavy atom. The quantitative estimate of drug-likeness (QED) is 0.923. The van der Waals surface area contributed by atoms with Crippen molar-refractivity contribution in [3.8, 4) is 0 Å². The zero-order valence-corrected chi connectivity index (χ0v) is 11.0. The molecule has 16 heavy (non-hydrogen) atoms. The first-order chi connectivity index (χ1) is 7.70. The topological polar surface area (TPSA) is 33.1 Å². The summed E-state index contributed by atoms with van der Waals surface area (Å²) >= 11 is 9.20. The molecule has 0 saturated carbocycles. The van der Waals surface area contributed by atoms with Crippen LogP contribution in [0.25, 0.3) is 0 Å². The van der Waals surface area contributed by atoms with E-state index in [0.29, 0.717) is 5.02 Å². The van der Waals surface area contributed by atoms with Crippen molar-refractivity contribution in [2.45, 2.75) is 22.8 Å². The minimum absolute atomic E-state index is 0.00670. The van der Waals surface area contributed by atoms with Crippen LogP contribution in [-0.2, 0) is 6.61 Å². The van der Waals surface area contributed by atoms with Crippen LogP contribution in [0.15, 0.2) is 32.8 Å². The van der Waals surface area contributed by atoms with Crippen LogP contribution < -0.4 is 0 Å². The standard InChI is InChI=1S/C11H10ClNOS2/c1-7-6-15-11(13-7)16-10-8(5-14)3-2-4-9(10)12/h2-4,6,14H,5H2,1H3. The molecule has 0 atom stereocenters. The van der Waals surface area contributed by atoms with E-state index in [1.165, 1.54) is 11.8 Å². The molecule has 5 heteroatoms. The van der Waals surface area contributed by atoms with E-state index in [-0.39, 0.29) is 6.61 Å². The Kier molecular flexibility index (Phi) is 3.86. The van der Waals surface area contributed by atoms with E-state index >= 15 is 0 Å². The van der Waals surface area contributed by atoms with Gasteiger partial charge < -0.3 is 5.11 Å². The van der Waals surface area contributed by atoms with Crippen molar-refractivity contribution >= 4 is 34.7 Å². The van der Waals surface area contributed by atoms with E-state index in [9.17, 15) is 5.11 Å². The third-order valence-electron chi connectivity index (χ3n) is 2.01. The van der Waals surface area contributed by atoms with Crippen molar-refractivity contribution in [3.63, 3.8) is 0 Å². The summed E-state index contributed by atoms with van der Waals surface area (Å²) in [5.41, 5.74) is 1.84. The summed E-state index contributed by atoms with van der Waals surface area (Å²) in [6.07, 6.45) is 0. The summed E-state index contributed by atoms with van der Waals surface area (Å²) in [7, 11) is 0. The number of thiazole rings is 1. The number of aliphatic hydroxyl groups is 1. The van der Waals surface area contributed by atoms with Crippen LogP contribution in [-0.4, -0.2) is 10.1 Å². The minimum atomic E-state index is -0.00670. The zero-order valence-electron chi connectivity index (χ0n) is 8.61. The second-order valence-electron chi connectivity index (χ2n) is 3.24. The Balaban J connectivity index is 2.33. The lowest BCUT2D eigenvalue weighted by Gasteiger charge is -2.06. The van der Waals surface area contributed by atoms with Crippen LogP contribution in [0.1, 0.15) is 11.3 Å². The molecule has 0 spiro atoms. The average molecular weight is 272 g/mol. The second-order valence-corrected chi connectivity index (χ2v) is 5.77. The highest BCUT2D eigenvalue weighted by atomic mass is 35.5. The molecule has 0 bridgehead atoms. The summed E-state index contributed by atoms with van der Waals surface area (Å²) in [4.78, 5) is 5.25. The SMILES string of the molecule is Cc1csc(Sc2c(Cl)cccc2CO)n1. The smallest absolute Gasteiger partial charge is 0.154 e. The molecule has 84 valence electrons. The number of aromatic nitrogens is 1. The van der Waals surface area contributed by atoms with Gasteiger partial charge in [0.05, 0.1) is 11.6 Å². The van der Waals surface area contributed by atoms with Gasteiger partial charge >= 0.3 is 0 Å². The van der Waals surface area contributed by atoms with Crippen molar-refractivity contribution in [2.75, 3.05) is 0 Å². The molecule has 0 fully saturated rings. The predicted molar refractivity (Wildman–Crippen MR) is 68.3 cm³/mol. The van der Waals surface area contributed by atoms with Gasteiger partial charge in [-0.15, -0.1) is 11.3 Å². The average Bonchev–Trinajstić information content (AvgIpc) is 2.67. The lowest BCUT2D eigenvalue weighted by atomic mass is 10.2. The zero-order chi connectivity index (χ0) is 11.5. The molecule has 1 heterocycles. The number of aliphatic hydroxyl groups excluding tert-OH is 1. The van der Waals surface area contributed by atoms with Crippen molar-refractivity contribution in [3.05, 3.63) is 39.9 Å². The van der Waals surface area contributed by atoms with Gasteiger partial charge in [-0.2, -0.15) is 0 Å². The highest BCUT2D eigenvalue weighted by Gasteiger charge is 2.10. The first-order valence-electron chi connectivity index (χ1n) is 4.69. The van der Waals surface area contributed by atoms with Crippen LogP contribution >= 0.6 is 34.7 Å². The van der Waals surface area contributed by atoms with Gasteiger partial charge in [-0.25, -0.2) is 4.98 Å². The van der Waals surface area contributed by atoms with E-state index in [4.69, 9.17) is 11.6 Å². The van der Waals surface area contributed by atoms with Gasteiger partial charge in [-0.1, -0.05) is 35.5 Å². The van der Waals surface area contributed by atoms with Crippen LogP contribution in [0.2, 0.25) is 5.02 Å². The highest BCUT2D eigenvalue weighted by Crippen LogP contribution is 2.37. The maximum absolute atomic E-state index is 9.24. The van der Waals surface area contributed by atoms with Crippen molar-refractivity contribution in [1.29, 1.82) is 0 Å². The van der Waals surface area contributed by atoms with Gasteiger partial charge in [0.15, 0.2) is 4.34 Å². The first kappa shape index (κ1) is 11.9. The van der Waals surface area contributed by atoms with Crippen LogP contribution in [0, 0.1) is 6.92 Å². The molecule has 1 N–H and O–H groups in total. The fraction of sp³-hybridized carbons (Fsp3) is 0.182. The Hall–Kier alpha value is -0.550. The molecule has 2 aromatic rings. The van der Waals surface area contributed by atoms with Crippen molar-refractivity contribution < 1.29 is 5.11 Å². The Bertz CT molecular complexity index is 498. The number of hydrogen-bond acceptors (Lipinski definition) is 4. The number of benzene rings is 1. The largest absolute Gasteiger partial charge is 0.392 e. The van der Waals surface area contributed by atoms with E-state index in [0.717, 1.165) is 20.5 Å². The Morgan fingerprint density at radius 2 is 2.31 bits per heavy atom. The minimum Gasteiger partial charge on any atom is -0.392 e. The lowest BCUT2D eigenvalue weighted by Crippen LogP contribution is -1.88. The molecular weight excluding hydrogens is 262 g/mol. The third kappa shape index (κ3) is 2.58. The molecule has 0 aliphatic heterocycles. The molecule has 1 aromatic carbocycles.